The van der Waals surface area contributed by atoms with Crippen molar-refractivity contribution in [2.45, 2.75) is 19.3 Å². The predicted molar refractivity (Wildman–Crippen MR) is 41.7 cm³/mol. The molecule has 1 rings (SSSR count). The minimum absolute atomic E-state index is 0.225. The first-order valence-corrected chi connectivity index (χ1v) is 3.66. The van der Waals surface area contributed by atoms with Gasteiger partial charge in [0, 0.05) is 5.92 Å². The fourth-order valence-electron chi connectivity index (χ4n) is 1.21. The molecule has 1 aliphatic rings. The molecule has 0 saturated carbocycles. The Bertz CT molecular complexity index is 168. The van der Waals surface area contributed by atoms with Gasteiger partial charge in [-0.1, -0.05) is 12.2 Å². The number of rotatable bonds is 2. The SMILES string of the molecule is C=CC[C@H]1CCC=CC1=O. The predicted octanol–water partition coefficient (Wildman–Crippen LogP) is 2.10. The second kappa shape index (κ2) is 3.35. The van der Waals surface area contributed by atoms with Crippen LogP contribution in [0.4, 0.5) is 0 Å². The highest BCUT2D eigenvalue weighted by atomic mass is 16.1. The van der Waals surface area contributed by atoms with Crippen LogP contribution >= 0.6 is 0 Å². The van der Waals surface area contributed by atoms with Crippen LogP contribution in [-0.4, -0.2) is 5.78 Å². The van der Waals surface area contributed by atoms with Crippen molar-refractivity contribution in [2.24, 2.45) is 5.92 Å². The van der Waals surface area contributed by atoms with Gasteiger partial charge in [0.25, 0.3) is 0 Å². The summed E-state index contributed by atoms with van der Waals surface area (Å²) < 4.78 is 0. The summed E-state index contributed by atoms with van der Waals surface area (Å²) in [6.07, 6.45) is 8.34. The Morgan fingerprint density at radius 1 is 1.80 bits per heavy atom. The molecular weight excluding hydrogens is 124 g/mol. The van der Waals surface area contributed by atoms with Gasteiger partial charge in [-0.15, -0.1) is 6.58 Å². The smallest absolute Gasteiger partial charge is 0.158 e. The van der Waals surface area contributed by atoms with Crippen molar-refractivity contribution in [3.05, 3.63) is 24.8 Å². The zero-order valence-electron chi connectivity index (χ0n) is 6.05. The van der Waals surface area contributed by atoms with Crippen molar-refractivity contribution in [2.75, 3.05) is 0 Å². The summed E-state index contributed by atoms with van der Waals surface area (Å²) in [5.41, 5.74) is 0. The van der Waals surface area contributed by atoms with Gasteiger partial charge < -0.3 is 0 Å². The molecule has 0 unspecified atom stereocenters. The first-order chi connectivity index (χ1) is 4.84. The van der Waals surface area contributed by atoms with Crippen LogP contribution in [0.5, 0.6) is 0 Å². The minimum atomic E-state index is 0.225. The standard InChI is InChI=1S/C9H12O/c1-2-5-8-6-3-4-7-9(8)10/h2,4,7-8H,1,3,5-6H2/t8-/m0/s1. The lowest BCUT2D eigenvalue weighted by Gasteiger charge is -2.13. The lowest BCUT2D eigenvalue weighted by molar-refractivity contribution is -0.118. The minimum Gasteiger partial charge on any atom is -0.295 e. The molecule has 10 heavy (non-hydrogen) atoms. The van der Waals surface area contributed by atoms with E-state index in [0.717, 1.165) is 19.3 Å². The topological polar surface area (TPSA) is 17.1 Å². The summed E-state index contributed by atoms with van der Waals surface area (Å²) in [6, 6.07) is 0. The Morgan fingerprint density at radius 3 is 3.20 bits per heavy atom. The van der Waals surface area contributed by atoms with E-state index in [0.29, 0.717) is 0 Å². The Hall–Kier alpha value is -0.850. The number of carbonyl (C=O) groups is 1. The molecule has 0 saturated heterocycles. The second-order valence-electron chi connectivity index (χ2n) is 2.60. The van der Waals surface area contributed by atoms with E-state index < -0.39 is 0 Å². The highest BCUT2D eigenvalue weighted by Crippen LogP contribution is 2.18. The number of carbonyl (C=O) groups excluding carboxylic acids is 1. The van der Waals surface area contributed by atoms with Crippen molar-refractivity contribution in [3.63, 3.8) is 0 Å². The average Bonchev–Trinajstić information content (AvgIpc) is 1.94. The fourth-order valence-corrected chi connectivity index (χ4v) is 1.21. The number of hydrogen-bond donors (Lipinski definition) is 0. The summed E-state index contributed by atoms with van der Waals surface area (Å²) in [5.74, 6) is 0.494. The molecule has 0 aromatic carbocycles. The van der Waals surface area contributed by atoms with E-state index in [4.69, 9.17) is 0 Å². The Morgan fingerprint density at radius 2 is 2.60 bits per heavy atom. The molecule has 0 aromatic rings. The summed E-state index contributed by atoms with van der Waals surface area (Å²) in [4.78, 5) is 11.0. The first kappa shape index (κ1) is 7.26. The van der Waals surface area contributed by atoms with Gasteiger partial charge in [0.15, 0.2) is 5.78 Å². The molecule has 0 heterocycles. The number of hydrogen-bond acceptors (Lipinski definition) is 1. The van der Waals surface area contributed by atoms with Gasteiger partial charge in [-0.25, -0.2) is 0 Å². The van der Waals surface area contributed by atoms with Crippen LogP contribution in [0.25, 0.3) is 0 Å². The van der Waals surface area contributed by atoms with Gasteiger partial charge in [0.1, 0.15) is 0 Å². The van der Waals surface area contributed by atoms with E-state index in [2.05, 4.69) is 6.58 Å². The second-order valence-corrected chi connectivity index (χ2v) is 2.60. The average molecular weight is 136 g/mol. The van der Waals surface area contributed by atoms with Crippen molar-refractivity contribution in [3.8, 4) is 0 Å². The molecule has 0 amide bonds. The zero-order valence-corrected chi connectivity index (χ0v) is 6.05. The molecule has 1 nitrogen and oxygen atoms in total. The Labute approximate surface area is 61.4 Å². The molecule has 0 aliphatic heterocycles. The maximum Gasteiger partial charge on any atom is 0.158 e. The van der Waals surface area contributed by atoms with Crippen LogP contribution in [0.1, 0.15) is 19.3 Å². The van der Waals surface area contributed by atoms with Crippen molar-refractivity contribution in [1.82, 2.24) is 0 Å². The third kappa shape index (κ3) is 1.56. The number of ketones is 1. The van der Waals surface area contributed by atoms with Gasteiger partial charge in [-0.05, 0) is 25.3 Å². The summed E-state index contributed by atoms with van der Waals surface area (Å²) in [5, 5.41) is 0. The van der Waals surface area contributed by atoms with Crippen molar-refractivity contribution in [1.29, 1.82) is 0 Å². The van der Waals surface area contributed by atoms with E-state index in [1.807, 2.05) is 12.2 Å². The molecule has 0 fully saturated rings. The maximum atomic E-state index is 11.0. The van der Waals surface area contributed by atoms with Crippen LogP contribution in [-0.2, 0) is 4.79 Å². The lowest BCUT2D eigenvalue weighted by Crippen LogP contribution is -2.13. The van der Waals surface area contributed by atoms with Gasteiger partial charge in [0.2, 0.25) is 0 Å². The highest BCUT2D eigenvalue weighted by molar-refractivity contribution is 5.92. The third-order valence-electron chi connectivity index (χ3n) is 1.82. The van der Waals surface area contributed by atoms with Gasteiger partial charge in [-0.3, -0.25) is 4.79 Å². The normalized spacial score (nSPS) is 24.8. The van der Waals surface area contributed by atoms with E-state index in [9.17, 15) is 4.79 Å². The van der Waals surface area contributed by atoms with Gasteiger partial charge >= 0.3 is 0 Å². The quantitative estimate of drug-likeness (QED) is 0.531. The monoisotopic (exact) mass is 136 g/mol. The summed E-state index contributed by atoms with van der Waals surface area (Å²) in [6.45, 7) is 3.61. The summed E-state index contributed by atoms with van der Waals surface area (Å²) >= 11 is 0. The van der Waals surface area contributed by atoms with E-state index in [-0.39, 0.29) is 11.7 Å². The van der Waals surface area contributed by atoms with Crippen molar-refractivity contribution < 1.29 is 4.79 Å². The van der Waals surface area contributed by atoms with Gasteiger partial charge in [0.05, 0.1) is 0 Å². The summed E-state index contributed by atoms with van der Waals surface area (Å²) in [7, 11) is 0. The molecule has 1 aliphatic carbocycles. The van der Waals surface area contributed by atoms with Crippen LogP contribution in [0.2, 0.25) is 0 Å². The molecule has 1 heteroatoms. The lowest BCUT2D eigenvalue weighted by atomic mass is 9.90. The molecule has 0 radical (unpaired) electrons. The Kier molecular flexibility index (Phi) is 2.43. The van der Waals surface area contributed by atoms with Crippen LogP contribution in [0.3, 0.4) is 0 Å². The van der Waals surface area contributed by atoms with Crippen LogP contribution in [0, 0.1) is 5.92 Å². The van der Waals surface area contributed by atoms with E-state index in [1.165, 1.54) is 0 Å². The van der Waals surface area contributed by atoms with Crippen LogP contribution < -0.4 is 0 Å². The number of allylic oxidation sites excluding steroid dienone is 3. The van der Waals surface area contributed by atoms with Crippen molar-refractivity contribution >= 4 is 5.78 Å². The van der Waals surface area contributed by atoms with E-state index >= 15 is 0 Å². The highest BCUT2D eigenvalue weighted by Gasteiger charge is 2.15. The molecule has 0 spiro atoms. The molecule has 1 atom stereocenters. The molecular formula is C9H12O. The Balaban J connectivity index is 2.52. The van der Waals surface area contributed by atoms with E-state index in [1.54, 1.807) is 6.08 Å². The first-order valence-electron chi connectivity index (χ1n) is 3.66. The largest absolute Gasteiger partial charge is 0.295 e. The third-order valence-corrected chi connectivity index (χ3v) is 1.82. The molecule has 54 valence electrons. The zero-order chi connectivity index (χ0) is 7.40. The fraction of sp³-hybridized carbons (Fsp3) is 0.444. The molecule has 0 bridgehead atoms. The van der Waals surface area contributed by atoms with Gasteiger partial charge in [-0.2, -0.15) is 0 Å². The van der Waals surface area contributed by atoms with Crippen LogP contribution in [0.15, 0.2) is 24.8 Å². The molecule has 0 N–H and O–H groups in total. The molecule has 0 aromatic heterocycles. The maximum absolute atomic E-state index is 11.0.